The lowest BCUT2D eigenvalue weighted by Gasteiger charge is -2.17. The zero-order chi connectivity index (χ0) is 11.7. The first kappa shape index (κ1) is 10.6. The van der Waals surface area contributed by atoms with Gasteiger partial charge >= 0.3 is 0 Å². The number of anilines is 1. The highest BCUT2D eigenvalue weighted by molar-refractivity contribution is 5.99. The molecule has 0 saturated carbocycles. The molecule has 0 radical (unpaired) electrons. The van der Waals surface area contributed by atoms with Gasteiger partial charge in [0.1, 0.15) is 5.82 Å². The van der Waals surface area contributed by atoms with Crippen molar-refractivity contribution in [2.45, 2.75) is 6.42 Å². The molecule has 4 nitrogen and oxygen atoms in total. The quantitative estimate of drug-likeness (QED) is 0.703. The normalized spacial score (nSPS) is 20.2. The summed E-state index contributed by atoms with van der Waals surface area (Å²) in [5.74, 6) is -3.05. The molecule has 1 aromatic rings. The van der Waals surface area contributed by atoms with Gasteiger partial charge in [0.2, 0.25) is 5.91 Å². The molecule has 1 heterocycles. The van der Waals surface area contributed by atoms with E-state index in [0.29, 0.717) is 0 Å². The van der Waals surface area contributed by atoms with Gasteiger partial charge in [-0.1, -0.05) is 12.1 Å². The molecule has 1 atom stereocenters. The van der Waals surface area contributed by atoms with E-state index in [0.717, 1.165) is 4.90 Å². The number of benzene rings is 1. The maximum Gasteiger partial charge on any atom is 0.227 e. The Balaban J connectivity index is 2.27. The summed E-state index contributed by atoms with van der Waals surface area (Å²) in [6, 6.07) is 5.79. The smallest absolute Gasteiger partial charge is 0.227 e. The summed E-state index contributed by atoms with van der Waals surface area (Å²) < 4.78 is 13.4. The summed E-state index contributed by atoms with van der Waals surface area (Å²) in [5.41, 5.74) is 0.122. The molecule has 1 fully saturated rings. The second-order valence-electron chi connectivity index (χ2n) is 3.68. The predicted molar refractivity (Wildman–Crippen MR) is 51.9 cm³/mol. The molecule has 1 saturated heterocycles. The van der Waals surface area contributed by atoms with Crippen LogP contribution in [0.15, 0.2) is 24.3 Å². The van der Waals surface area contributed by atoms with Crippen LogP contribution in [0.1, 0.15) is 6.42 Å². The average Bonchev–Trinajstić information content (AvgIpc) is 2.61. The lowest BCUT2D eigenvalue weighted by atomic mass is 10.1. The number of carbonyl (C=O) groups is 2. The van der Waals surface area contributed by atoms with Crippen molar-refractivity contribution in [3.8, 4) is 0 Å². The van der Waals surface area contributed by atoms with Crippen molar-refractivity contribution in [3.63, 3.8) is 0 Å². The molecule has 16 heavy (non-hydrogen) atoms. The van der Waals surface area contributed by atoms with Gasteiger partial charge in [-0.05, 0) is 12.1 Å². The van der Waals surface area contributed by atoms with Gasteiger partial charge in [0.05, 0.1) is 5.69 Å². The van der Waals surface area contributed by atoms with Crippen LogP contribution in [-0.4, -0.2) is 18.4 Å². The van der Waals surface area contributed by atoms with Crippen LogP contribution in [0.5, 0.6) is 0 Å². The number of rotatable bonds is 2. The van der Waals surface area contributed by atoms with Crippen molar-refractivity contribution < 1.29 is 19.1 Å². The minimum Gasteiger partial charge on any atom is -0.550 e. The van der Waals surface area contributed by atoms with Gasteiger partial charge in [-0.15, -0.1) is 0 Å². The van der Waals surface area contributed by atoms with Crippen LogP contribution < -0.4 is 10.0 Å². The Morgan fingerprint density at radius 2 is 2.12 bits per heavy atom. The molecule has 0 N–H and O–H groups in total. The number of nitrogens with zero attached hydrogens (tertiary/aromatic N) is 1. The molecule has 0 unspecified atom stereocenters. The second kappa shape index (κ2) is 3.92. The maximum absolute atomic E-state index is 13.4. The molecule has 0 spiro atoms. The van der Waals surface area contributed by atoms with Crippen LogP contribution >= 0.6 is 0 Å². The molecule has 5 heteroatoms. The van der Waals surface area contributed by atoms with E-state index >= 15 is 0 Å². The van der Waals surface area contributed by atoms with E-state index in [9.17, 15) is 19.1 Å². The standard InChI is InChI=1S/C11H10FNO3/c12-8-3-1-2-4-9(8)13-6-7(11(15)16)5-10(13)14/h1-4,7H,5-6H2,(H,15,16)/p-1/t7-/m1/s1. The van der Waals surface area contributed by atoms with Crippen LogP contribution in [-0.2, 0) is 9.59 Å². The number of carboxylic acid groups (broad SMARTS) is 1. The van der Waals surface area contributed by atoms with Crippen molar-refractivity contribution >= 4 is 17.6 Å². The summed E-state index contributed by atoms with van der Waals surface area (Å²) in [6.07, 6.45) is -0.128. The zero-order valence-electron chi connectivity index (χ0n) is 8.35. The number of hydrogen-bond acceptors (Lipinski definition) is 3. The van der Waals surface area contributed by atoms with Crippen molar-refractivity contribution in [1.29, 1.82) is 0 Å². The van der Waals surface area contributed by atoms with Crippen LogP contribution in [0.25, 0.3) is 0 Å². The lowest BCUT2D eigenvalue weighted by molar-refractivity contribution is -0.310. The molecule has 1 aliphatic rings. The Hall–Kier alpha value is -1.91. The zero-order valence-corrected chi connectivity index (χ0v) is 8.35. The Morgan fingerprint density at radius 3 is 2.69 bits per heavy atom. The third-order valence-electron chi connectivity index (χ3n) is 2.60. The van der Waals surface area contributed by atoms with Crippen LogP contribution in [0.4, 0.5) is 10.1 Å². The summed E-state index contributed by atoms with van der Waals surface area (Å²) in [5, 5.41) is 10.6. The van der Waals surface area contributed by atoms with Crippen LogP contribution in [0, 0.1) is 11.7 Å². The highest BCUT2D eigenvalue weighted by Crippen LogP contribution is 2.26. The number of carbonyl (C=O) groups excluding carboxylic acids is 2. The largest absolute Gasteiger partial charge is 0.550 e. The molecule has 0 bridgehead atoms. The number of hydrogen-bond donors (Lipinski definition) is 0. The summed E-state index contributed by atoms with van der Waals surface area (Å²) in [7, 11) is 0. The number of amides is 1. The van der Waals surface area contributed by atoms with Gasteiger partial charge in [-0.2, -0.15) is 0 Å². The molecule has 1 aromatic carbocycles. The third-order valence-corrected chi connectivity index (χ3v) is 2.60. The first-order valence-electron chi connectivity index (χ1n) is 4.85. The monoisotopic (exact) mass is 222 g/mol. The minimum atomic E-state index is -1.27. The van der Waals surface area contributed by atoms with Gasteiger partial charge in [-0.3, -0.25) is 4.79 Å². The summed E-state index contributed by atoms with van der Waals surface area (Å²) in [6.45, 7) is -0.0257. The Morgan fingerprint density at radius 1 is 1.44 bits per heavy atom. The Labute approximate surface area is 91.3 Å². The Kier molecular flexibility index (Phi) is 2.60. The lowest BCUT2D eigenvalue weighted by Crippen LogP contribution is -2.33. The third kappa shape index (κ3) is 1.76. The number of carboxylic acids is 1. The fourth-order valence-corrected chi connectivity index (χ4v) is 1.77. The molecule has 1 aliphatic heterocycles. The Bertz CT molecular complexity index is 447. The van der Waals surface area contributed by atoms with Gasteiger partial charge in [0, 0.05) is 24.9 Å². The number of halogens is 1. The van der Waals surface area contributed by atoms with Crippen molar-refractivity contribution in [3.05, 3.63) is 30.1 Å². The van der Waals surface area contributed by atoms with Crippen molar-refractivity contribution in [1.82, 2.24) is 0 Å². The van der Waals surface area contributed by atoms with Gasteiger partial charge < -0.3 is 14.8 Å². The second-order valence-corrected chi connectivity index (χ2v) is 3.68. The topological polar surface area (TPSA) is 60.4 Å². The molecule has 1 amide bonds. The highest BCUT2D eigenvalue weighted by Gasteiger charge is 2.32. The average molecular weight is 222 g/mol. The first-order valence-corrected chi connectivity index (χ1v) is 4.85. The molecule has 84 valence electrons. The van der Waals surface area contributed by atoms with Gasteiger partial charge in [0.15, 0.2) is 0 Å². The van der Waals surface area contributed by atoms with E-state index in [1.807, 2.05) is 0 Å². The maximum atomic E-state index is 13.4. The predicted octanol–water partition coefficient (Wildman–Crippen LogP) is -0.0715. The van der Waals surface area contributed by atoms with Crippen LogP contribution in [0.2, 0.25) is 0 Å². The van der Waals surface area contributed by atoms with E-state index in [-0.39, 0.29) is 24.6 Å². The molecular formula is C11H9FNO3-. The first-order chi connectivity index (χ1) is 7.59. The van der Waals surface area contributed by atoms with Crippen molar-refractivity contribution in [2.75, 3.05) is 11.4 Å². The summed E-state index contributed by atoms with van der Waals surface area (Å²) in [4.78, 5) is 23.3. The number of para-hydroxylation sites is 1. The van der Waals surface area contributed by atoms with E-state index in [1.54, 1.807) is 6.07 Å². The fraction of sp³-hybridized carbons (Fsp3) is 0.273. The van der Waals surface area contributed by atoms with E-state index in [2.05, 4.69) is 0 Å². The highest BCUT2D eigenvalue weighted by atomic mass is 19.1. The van der Waals surface area contributed by atoms with E-state index < -0.39 is 17.7 Å². The minimum absolute atomic E-state index is 0.0257. The van der Waals surface area contributed by atoms with Gasteiger partial charge in [-0.25, -0.2) is 4.39 Å². The number of aliphatic carboxylic acids is 1. The van der Waals surface area contributed by atoms with Crippen LogP contribution in [0.3, 0.4) is 0 Å². The van der Waals surface area contributed by atoms with Gasteiger partial charge in [0.25, 0.3) is 0 Å². The molecule has 0 aliphatic carbocycles. The summed E-state index contributed by atoms with van der Waals surface area (Å²) >= 11 is 0. The van der Waals surface area contributed by atoms with E-state index in [1.165, 1.54) is 18.2 Å². The fourth-order valence-electron chi connectivity index (χ4n) is 1.77. The van der Waals surface area contributed by atoms with E-state index in [4.69, 9.17) is 0 Å². The van der Waals surface area contributed by atoms with Crippen molar-refractivity contribution in [2.24, 2.45) is 5.92 Å². The molecule has 2 rings (SSSR count). The molecule has 0 aromatic heterocycles. The SMILES string of the molecule is O=C([O-])[C@@H]1CC(=O)N(c2ccccc2F)C1. The molecular weight excluding hydrogens is 213 g/mol.